The molecule has 52 heavy (non-hydrogen) atoms. The van der Waals surface area contributed by atoms with E-state index in [1.54, 1.807) is 0 Å². The molecule has 0 aliphatic carbocycles. The highest BCUT2D eigenvalue weighted by atomic mass is 15.0. The molecule has 5 rings (SSSR count). The molecule has 0 bridgehead atoms. The van der Waals surface area contributed by atoms with E-state index in [-0.39, 0.29) is 0 Å². The summed E-state index contributed by atoms with van der Waals surface area (Å²) in [6, 6.07) is 26.9. The summed E-state index contributed by atoms with van der Waals surface area (Å²) in [6.45, 7) is 6.78. The first-order chi connectivity index (χ1) is 25.8. The maximum Gasteiger partial charge on any atom is 0.0406 e. The molecule has 2 heterocycles. The van der Waals surface area contributed by atoms with Gasteiger partial charge in [0, 0.05) is 36.9 Å². The molecule has 0 saturated heterocycles. The van der Waals surface area contributed by atoms with Crippen molar-refractivity contribution >= 4 is 45.8 Å². The first-order valence-electron chi connectivity index (χ1n) is 21.4. The SMILES string of the molecule is CCCCCCCCCCCCn1cccc1/C=C/c1c2ccccc2c(/C=C/c2cccn2CCCCCCCCCCCC)c2ccccc12. The second-order valence-corrected chi connectivity index (χ2v) is 15.2. The van der Waals surface area contributed by atoms with Crippen LogP contribution in [-0.4, -0.2) is 9.13 Å². The lowest BCUT2D eigenvalue weighted by atomic mass is 9.91. The predicted molar refractivity (Wildman–Crippen MR) is 232 cm³/mol. The van der Waals surface area contributed by atoms with E-state index in [1.807, 2.05) is 0 Å². The number of aryl methyl sites for hydroxylation is 2. The Hall–Kier alpha value is -3.78. The molecule has 0 saturated carbocycles. The van der Waals surface area contributed by atoms with Gasteiger partial charge in [-0.25, -0.2) is 0 Å². The van der Waals surface area contributed by atoms with Crippen LogP contribution >= 0.6 is 0 Å². The van der Waals surface area contributed by atoms with Gasteiger partial charge >= 0.3 is 0 Å². The number of rotatable bonds is 26. The molecule has 0 fully saturated rings. The van der Waals surface area contributed by atoms with Crippen LogP contribution in [0, 0.1) is 0 Å². The lowest BCUT2D eigenvalue weighted by molar-refractivity contribution is 0.534. The van der Waals surface area contributed by atoms with E-state index in [4.69, 9.17) is 0 Å². The fourth-order valence-electron chi connectivity index (χ4n) is 8.00. The van der Waals surface area contributed by atoms with Crippen LogP contribution in [0.15, 0.2) is 85.2 Å². The van der Waals surface area contributed by atoms with Gasteiger partial charge in [0.15, 0.2) is 0 Å². The minimum absolute atomic E-state index is 1.09. The third kappa shape index (κ3) is 12.1. The molecule has 0 spiro atoms. The zero-order valence-electron chi connectivity index (χ0n) is 32.8. The number of unbranched alkanes of at least 4 members (excludes halogenated alkanes) is 18. The number of hydrogen-bond donors (Lipinski definition) is 0. The zero-order valence-corrected chi connectivity index (χ0v) is 32.8. The van der Waals surface area contributed by atoms with E-state index in [2.05, 4.69) is 132 Å². The Morgan fingerprint density at radius 1 is 0.346 bits per heavy atom. The number of benzene rings is 3. The molecule has 2 nitrogen and oxygen atoms in total. The van der Waals surface area contributed by atoms with Crippen molar-refractivity contribution in [3.05, 3.63) is 108 Å². The predicted octanol–water partition coefficient (Wildman–Crippen LogP) is 15.8. The van der Waals surface area contributed by atoms with Crippen molar-refractivity contribution in [1.29, 1.82) is 0 Å². The molecular formula is C50H68N2. The zero-order chi connectivity index (χ0) is 36.1. The van der Waals surface area contributed by atoms with Crippen LogP contribution in [0.3, 0.4) is 0 Å². The summed E-state index contributed by atoms with van der Waals surface area (Å²) in [7, 11) is 0. The van der Waals surface area contributed by atoms with Crippen molar-refractivity contribution < 1.29 is 0 Å². The van der Waals surface area contributed by atoms with Crippen LogP contribution in [0.25, 0.3) is 45.8 Å². The van der Waals surface area contributed by atoms with E-state index in [9.17, 15) is 0 Å². The number of aromatic nitrogens is 2. The average molecular weight is 697 g/mol. The van der Waals surface area contributed by atoms with Crippen LogP contribution < -0.4 is 0 Å². The van der Waals surface area contributed by atoms with Crippen molar-refractivity contribution in [2.45, 2.75) is 155 Å². The normalized spacial score (nSPS) is 12.0. The molecule has 0 aliphatic heterocycles. The second-order valence-electron chi connectivity index (χ2n) is 15.2. The third-order valence-electron chi connectivity index (χ3n) is 11.1. The third-order valence-corrected chi connectivity index (χ3v) is 11.1. The topological polar surface area (TPSA) is 9.86 Å². The highest BCUT2D eigenvalue weighted by Crippen LogP contribution is 2.35. The van der Waals surface area contributed by atoms with E-state index in [1.165, 1.54) is 172 Å². The fraction of sp³-hybridized carbons (Fsp3) is 0.480. The summed E-state index contributed by atoms with van der Waals surface area (Å²) in [5, 5.41) is 5.24. The lowest BCUT2D eigenvalue weighted by Gasteiger charge is -2.14. The second kappa shape index (κ2) is 23.0. The molecule has 0 N–H and O–H groups in total. The smallest absolute Gasteiger partial charge is 0.0406 e. The van der Waals surface area contributed by atoms with E-state index in [0.29, 0.717) is 0 Å². The van der Waals surface area contributed by atoms with Gasteiger partial charge in [0.05, 0.1) is 0 Å². The molecule has 2 aromatic heterocycles. The molecule has 0 radical (unpaired) electrons. The minimum atomic E-state index is 1.09. The van der Waals surface area contributed by atoms with Gasteiger partial charge < -0.3 is 9.13 Å². The summed E-state index contributed by atoms with van der Waals surface area (Å²) < 4.78 is 4.88. The van der Waals surface area contributed by atoms with Crippen LogP contribution in [0.2, 0.25) is 0 Å². The van der Waals surface area contributed by atoms with Crippen molar-refractivity contribution in [1.82, 2.24) is 9.13 Å². The highest BCUT2D eigenvalue weighted by Gasteiger charge is 2.11. The van der Waals surface area contributed by atoms with Crippen molar-refractivity contribution in [2.75, 3.05) is 0 Å². The van der Waals surface area contributed by atoms with E-state index < -0.39 is 0 Å². The summed E-state index contributed by atoms with van der Waals surface area (Å²) in [5.74, 6) is 0. The summed E-state index contributed by atoms with van der Waals surface area (Å²) in [6.07, 6.45) is 41.4. The van der Waals surface area contributed by atoms with Crippen LogP contribution in [0.4, 0.5) is 0 Å². The van der Waals surface area contributed by atoms with Gasteiger partial charge in [-0.3, -0.25) is 0 Å². The molecular weight excluding hydrogens is 629 g/mol. The van der Waals surface area contributed by atoms with Gasteiger partial charge in [-0.05, 0) is 81.9 Å². The molecule has 3 aromatic carbocycles. The molecule has 278 valence electrons. The van der Waals surface area contributed by atoms with Gasteiger partial charge in [-0.1, -0.05) is 190 Å². The van der Waals surface area contributed by atoms with Gasteiger partial charge in [-0.15, -0.1) is 0 Å². The van der Waals surface area contributed by atoms with Gasteiger partial charge in [0.25, 0.3) is 0 Å². The van der Waals surface area contributed by atoms with Crippen molar-refractivity contribution in [3.63, 3.8) is 0 Å². The number of fused-ring (bicyclic) bond motifs is 2. The molecule has 5 aromatic rings. The van der Waals surface area contributed by atoms with Gasteiger partial charge in [-0.2, -0.15) is 0 Å². The Labute approximate surface area is 317 Å². The molecule has 2 heteroatoms. The molecule has 0 atom stereocenters. The van der Waals surface area contributed by atoms with Crippen molar-refractivity contribution in [2.24, 2.45) is 0 Å². The van der Waals surface area contributed by atoms with Crippen LogP contribution in [0.1, 0.15) is 165 Å². The Kier molecular flexibility index (Phi) is 17.4. The lowest BCUT2D eigenvalue weighted by Crippen LogP contribution is -1.98. The van der Waals surface area contributed by atoms with E-state index >= 15 is 0 Å². The minimum Gasteiger partial charge on any atom is -0.348 e. The maximum absolute atomic E-state index is 2.44. The quantitative estimate of drug-likeness (QED) is 0.0402. The summed E-state index contributed by atoms with van der Waals surface area (Å²) in [5.41, 5.74) is 5.19. The average Bonchev–Trinajstić information content (AvgIpc) is 3.83. The van der Waals surface area contributed by atoms with E-state index in [0.717, 1.165) is 13.1 Å². The first-order valence-corrected chi connectivity index (χ1v) is 21.4. The Bertz CT molecular complexity index is 1590. The highest BCUT2D eigenvalue weighted by molar-refractivity contribution is 6.14. The summed E-state index contributed by atoms with van der Waals surface area (Å²) >= 11 is 0. The largest absolute Gasteiger partial charge is 0.348 e. The van der Waals surface area contributed by atoms with Gasteiger partial charge in [0.1, 0.15) is 0 Å². The first kappa shape index (κ1) is 39.4. The molecule has 0 unspecified atom stereocenters. The summed E-state index contributed by atoms with van der Waals surface area (Å²) in [4.78, 5) is 0. The monoisotopic (exact) mass is 697 g/mol. The van der Waals surface area contributed by atoms with Gasteiger partial charge in [0.2, 0.25) is 0 Å². The number of hydrogen-bond acceptors (Lipinski definition) is 0. The van der Waals surface area contributed by atoms with Crippen LogP contribution in [-0.2, 0) is 13.1 Å². The Morgan fingerprint density at radius 2 is 0.654 bits per heavy atom. The van der Waals surface area contributed by atoms with Crippen LogP contribution in [0.5, 0.6) is 0 Å². The molecule has 0 aliphatic rings. The Balaban J connectivity index is 1.22. The number of nitrogens with zero attached hydrogens (tertiary/aromatic N) is 2. The molecule has 0 amide bonds. The Morgan fingerprint density at radius 3 is 0.981 bits per heavy atom. The van der Waals surface area contributed by atoms with Crippen molar-refractivity contribution in [3.8, 4) is 0 Å². The fourth-order valence-corrected chi connectivity index (χ4v) is 8.00. The standard InChI is InChI=1S/C50H68N2/c1-3-5-7-9-11-13-15-17-19-25-39-51-41-27-29-43(51)35-37-49-45-31-21-23-33-47(45)50(48-34-24-22-32-46(48)49)38-36-44-30-28-42-52(44)40-26-20-18-16-14-12-10-8-6-4-2/h21-24,27-38,41-42H,3-20,25-26,39-40H2,1-2H3/b37-35+,38-36+. The maximum atomic E-state index is 2.44.